The van der Waals surface area contributed by atoms with Crippen molar-refractivity contribution in [3.05, 3.63) is 47.2 Å². The van der Waals surface area contributed by atoms with Gasteiger partial charge in [0, 0.05) is 49.1 Å². The van der Waals surface area contributed by atoms with E-state index in [4.69, 9.17) is 9.40 Å². The first-order valence-corrected chi connectivity index (χ1v) is 14.2. The van der Waals surface area contributed by atoms with Gasteiger partial charge in [-0.2, -0.15) is 0 Å². The number of hydrogen-bond donors (Lipinski definition) is 1. The van der Waals surface area contributed by atoms with Gasteiger partial charge in [-0.15, -0.1) is 0 Å². The Labute approximate surface area is 236 Å². The number of carbonyl (C=O) groups excluding carboxylic acids is 1. The Bertz CT molecular complexity index is 1440. The number of anilines is 1. The van der Waals surface area contributed by atoms with Crippen molar-refractivity contribution in [1.29, 1.82) is 0 Å². The smallest absolute Gasteiger partial charge is 0.374 e. The van der Waals surface area contributed by atoms with E-state index < -0.39 is 11.5 Å². The van der Waals surface area contributed by atoms with Gasteiger partial charge in [-0.05, 0) is 62.5 Å². The molecule has 0 aromatic carbocycles. The molecule has 0 radical (unpaired) electrons. The van der Waals surface area contributed by atoms with Gasteiger partial charge in [-0.25, -0.2) is 19.7 Å². The molecule has 2 aliphatic rings. The van der Waals surface area contributed by atoms with Crippen molar-refractivity contribution in [2.75, 3.05) is 24.5 Å². The molecule has 5 rings (SSSR count). The van der Waals surface area contributed by atoms with Crippen LogP contribution in [0.1, 0.15) is 112 Å². The minimum Gasteiger partial charge on any atom is -0.475 e. The molecule has 1 aliphatic carbocycles. The second-order valence-electron chi connectivity index (χ2n) is 13.8. The van der Waals surface area contributed by atoms with Crippen molar-refractivity contribution in [3.63, 3.8) is 0 Å². The van der Waals surface area contributed by atoms with Crippen LogP contribution in [0.25, 0.3) is 11.1 Å². The van der Waals surface area contributed by atoms with Gasteiger partial charge in [0.15, 0.2) is 11.3 Å². The molecule has 9 heteroatoms. The fourth-order valence-electron chi connectivity index (χ4n) is 6.10. The third-order valence-corrected chi connectivity index (χ3v) is 8.58. The number of aromatic nitrogens is 3. The van der Waals surface area contributed by atoms with Crippen LogP contribution in [0.15, 0.2) is 28.8 Å². The van der Waals surface area contributed by atoms with E-state index in [2.05, 4.69) is 50.7 Å². The van der Waals surface area contributed by atoms with Gasteiger partial charge in [0.25, 0.3) is 5.91 Å². The van der Waals surface area contributed by atoms with Crippen LogP contribution in [-0.4, -0.2) is 62.0 Å². The van der Waals surface area contributed by atoms with Crippen molar-refractivity contribution >= 4 is 28.8 Å². The van der Waals surface area contributed by atoms with Crippen molar-refractivity contribution in [1.82, 2.24) is 19.9 Å². The molecule has 0 bridgehead atoms. The van der Waals surface area contributed by atoms with Gasteiger partial charge in [-0.1, -0.05) is 34.6 Å². The van der Waals surface area contributed by atoms with Crippen molar-refractivity contribution in [2.24, 2.45) is 5.41 Å². The predicted octanol–water partition coefficient (Wildman–Crippen LogP) is 6.04. The van der Waals surface area contributed by atoms with Crippen molar-refractivity contribution in [3.8, 4) is 0 Å². The second kappa shape index (κ2) is 9.85. The molecular weight excluding hydrogens is 506 g/mol. The number of hydrogen-bond acceptors (Lipinski definition) is 7. The molecule has 0 unspecified atom stereocenters. The quantitative estimate of drug-likeness (QED) is 0.421. The Hall–Kier alpha value is -3.49. The van der Waals surface area contributed by atoms with E-state index in [1.807, 2.05) is 29.7 Å². The average Bonchev–Trinajstić information content (AvgIpc) is 3.31. The molecule has 1 saturated carbocycles. The van der Waals surface area contributed by atoms with Gasteiger partial charge in [0.05, 0.1) is 5.54 Å². The first-order valence-electron chi connectivity index (χ1n) is 14.2. The Morgan fingerprint density at radius 2 is 1.75 bits per heavy atom. The number of fused-ring (bicyclic) bond motifs is 1. The first-order chi connectivity index (χ1) is 18.6. The number of pyridine rings is 1. The number of aromatic carboxylic acids is 1. The minimum atomic E-state index is -1.17. The lowest BCUT2D eigenvalue weighted by atomic mass is 9.72. The van der Waals surface area contributed by atoms with E-state index in [0.717, 1.165) is 29.6 Å². The zero-order chi connectivity index (χ0) is 29.0. The molecule has 0 spiro atoms. The van der Waals surface area contributed by atoms with E-state index in [-0.39, 0.29) is 17.1 Å². The number of piperazine rings is 1. The predicted molar refractivity (Wildman–Crippen MR) is 154 cm³/mol. The summed E-state index contributed by atoms with van der Waals surface area (Å²) in [5.74, 6) is -0.325. The molecular formula is C31H41N5O4. The van der Waals surface area contributed by atoms with Crippen LogP contribution in [0.5, 0.6) is 0 Å². The normalized spacial score (nSPS) is 19.7. The minimum absolute atomic E-state index is 0.167. The van der Waals surface area contributed by atoms with E-state index in [1.54, 1.807) is 6.07 Å². The third kappa shape index (κ3) is 5.43. The van der Waals surface area contributed by atoms with Crippen molar-refractivity contribution < 1.29 is 19.1 Å². The van der Waals surface area contributed by atoms with Crippen LogP contribution in [0.4, 0.5) is 5.82 Å². The highest BCUT2D eigenvalue weighted by Crippen LogP contribution is 2.43. The van der Waals surface area contributed by atoms with E-state index in [0.29, 0.717) is 48.1 Å². The number of carboxylic acid groups (broad SMARTS) is 1. The zero-order valence-corrected chi connectivity index (χ0v) is 24.7. The highest BCUT2D eigenvalue weighted by atomic mass is 16.4. The average molecular weight is 548 g/mol. The number of rotatable bonds is 4. The number of nitrogens with zero attached hydrogens (tertiary/aromatic N) is 5. The van der Waals surface area contributed by atoms with Gasteiger partial charge < -0.3 is 19.3 Å². The highest BCUT2D eigenvalue weighted by molar-refractivity contribution is 5.96. The van der Waals surface area contributed by atoms with E-state index in [9.17, 15) is 14.7 Å². The first kappa shape index (κ1) is 28.1. The number of amides is 1. The Morgan fingerprint density at radius 3 is 2.38 bits per heavy atom. The molecule has 1 aliphatic heterocycles. The maximum absolute atomic E-state index is 13.9. The number of carbonyl (C=O) groups is 2. The maximum Gasteiger partial charge on any atom is 0.374 e. The molecule has 214 valence electrons. The fraction of sp³-hybridized carbons (Fsp3) is 0.581. The summed E-state index contributed by atoms with van der Waals surface area (Å²) in [5.41, 5.74) is 3.28. The summed E-state index contributed by atoms with van der Waals surface area (Å²) in [6.45, 7) is 16.6. The third-order valence-electron chi connectivity index (χ3n) is 8.58. The molecule has 1 N–H and O–H groups in total. The molecule has 2 fully saturated rings. The van der Waals surface area contributed by atoms with Gasteiger partial charge >= 0.3 is 5.97 Å². The fourth-order valence-corrected chi connectivity index (χ4v) is 6.10. The Morgan fingerprint density at radius 1 is 1.05 bits per heavy atom. The summed E-state index contributed by atoms with van der Waals surface area (Å²) in [6, 6.07) is 5.72. The van der Waals surface area contributed by atoms with Crippen LogP contribution in [0.2, 0.25) is 0 Å². The van der Waals surface area contributed by atoms with Gasteiger partial charge in [-0.3, -0.25) is 4.79 Å². The molecule has 0 atom stereocenters. The summed E-state index contributed by atoms with van der Waals surface area (Å²) in [6.07, 6.45) is 6.07. The van der Waals surface area contributed by atoms with Crippen LogP contribution in [-0.2, 0) is 5.41 Å². The Balaban J connectivity index is 1.42. The summed E-state index contributed by atoms with van der Waals surface area (Å²) < 4.78 is 6.31. The van der Waals surface area contributed by atoms with Crippen LogP contribution in [0, 0.1) is 5.41 Å². The zero-order valence-electron chi connectivity index (χ0n) is 24.7. The van der Waals surface area contributed by atoms with Crippen LogP contribution >= 0.6 is 0 Å². The number of carboxylic acids is 1. The monoisotopic (exact) mass is 547 g/mol. The topological polar surface area (TPSA) is 113 Å². The van der Waals surface area contributed by atoms with Gasteiger partial charge in [0.2, 0.25) is 5.82 Å². The van der Waals surface area contributed by atoms with Crippen molar-refractivity contribution in [2.45, 2.75) is 91.0 Å². The molecule has 40 heavy (non-hydrogen) atoms. The van der Waals surface area contributed by atoms with E-state index >= 15 is 0 Å². The second-order valence-corrected chi connectivity index (χ2v) is 13.8. The van der Waals surface area contributed by atoms with Crippen LogP contribution in [0.3, 0.4) is 0 Å². The molecule has 3 aromatic heterocycles. The van der Waals surface area contributed by atoms with E-state index in [1.165, 1.54) is 19.0 Å². The Kier molecular flexibility index (Phi) is 6.91. The molecule has 3 aromatic rings. The lowest BCUT2D eigenvalue weighted by Gasteiger charge is -2.47. The molecule has 9 nitrogen and oxygen atoms in total. The summed E-state index contributed by atoms with van der Waals surface area (Å²) >= 11 is 0. The molecule has 4 heterocycles. The maximum atomic E-state index is 13.9. The summed E-state index contributed by atoms with van der Waals surface area (Å²) in [5, 5.41) is 9.28. The van der Waals surface area contributed by atoms with Crippen LogP contribution < -0.4 is 4.90 Å². The lowest BCUT2D eigenvalue weighted by molar-refractivity contribution is 0.0483. The SMILES string of the molecule is CC1(C)CCC(c2cc(C(C)(C)C)c3oc(C(=O)N4CCN(c5ccnc(C(=O)O)n5)CC4(C)C)cc3n2)CC1. The lowest BCUT2D eigenvalue weighted by Crippen LogP contribution is -2.61. The molecule has 1 amide bonds. The molecule has 1 saturated heterocycles. The number of furan rings is 1. The largest absolute Gasteiger partial charge is 0.475 e. The summed E-state index contributed by atoms with van der Waals surface area (Å²) in [4.78, 5) is 42.1. The summed E-state index contributed by atoms with van der Waals surface area (Å²) in [7, 11) is 0. The highest BCUT2D eigenvalue weighted by Gasteiger charge is 2.39. The standard InChI is InChI=1S/C31H41N5O4/c1-29(2,3)20-16-21(19-8-11-30(4,5)12-9-19)33-22-17-23(40-25(20)22)27(37)36-15-14-35(18-31(36,6)7)24-10-13-32-26(34-24)28(38)39/h10,13,16-17,19H,8-9,11-12,14-15,18H2,1-7H3,(H,38,39). The van der Waals surface area contributed by atoms with Gasteiger partial charge in [0.1, 0.15) is 11.3 Å².